The number of hydrogen-bond donors (Lipinski definition) is 1. The molecule has 9 heteroatoms. The largest absolute Gasteiger partial charge is 0.384 e. The molecule has 0 aliphatic carbocycles. The molecule has 8 nitrogen and oxygen atoms in total. The Kier molecular flexibility index (Phi) is 4.94. The lowest BCUT2D eigenvalue weighted by atomic mass is 10.2. The number of anilines is 1. The molecule has 0 bridgehead atoms. The molecule has 0 unspecified atom stereocenters. The molecule has 0 aliphatic rings. The van der Waals surface area contributed by atoms with Gasteiger partial charge in [0.05, 0.1) is 0 Å². The zero-order valence-electron chi connectivity index (χ0n) is 13.3. The molecule has 26 heavy (non-hydrogen) atoms. The third-order valence-electron chi connectivity index (χ3n) is 3.54. The van der Waals surface area contributed by atoms with Gasteiger partial charge in [-0.1, -0.05) is 18.2 Å². The van der Waals surface area contributed by atoms with E-state index in [-0.39, 0.29) is 0 Å². The maximum absolute atomic E-state index is 8.49. The van der Waals surface area contributed by atoms with Gasteiger partial charge in [0, 0.05) is 22.9 Å². The molecule has 0 atom stereocenters. The molecular weight excluding hydrogens is 360 g/mol. The van der Waals surface area contributed by atoms with E-state index in [4.69, 9.17) is 24.4 Å². The topological polar surface area (TPSA) is 148 Å². The standard InChI is InChI=1S/C17H13N4.ClHO4/c18-16-6-5-13-9-15(10-19-17(13)20-16)21-8-7-12-3-1-2-4-14(12)11-21;2-1(3,4)5/h1-11H,(H2,18,19,20);(H,2,3,4,5)/q+1;/p-1. The fourth-order valence-electron chi connectivity index (χ4n) is 2.45. The molecule has 4 rings (SSSR count). The second kappa shape index (κ2) is 7.16. The van der Waals surface area contributed by atoms with Crippen LogP contribution < -0.4 is 28.9 Å². The number of nitrogens with zero attached hydrogens (tertiary/aromatic N) is 3. The van der Waals surface area contributed by atoms with Crippen molar-refractivity contribution in [1.29, 1.82) is 0 Å². The number of fused-ring (bicyclic) bond motifs is 2. The molecule has 0 aliphatic heterocycles. The molecule has 0 saturated carbocycles. The fourth-order valence-corrected chi connectivity index (χ4v) is 2.45. The summed E-state index contributed by atoms with van der Waals surface area (Å²) in [6, 6.07) is 16.2. The lowest BCUT2D eigenvalue weighted by Gasteiger charge is -2.17. The molecule has 4 aromatic rings. The van der Waals surface area contributed by atoms with E-state index in [1.165, 1.54) is 10.8 Å². The number of rotatable bonds is 1. The van der Waals surface area contributed by atoms with Gasteiger partial charge in [-0.2, -0.15) is 4.57 Å². The van der Waals surface area contributed by atoms with Crippen LogP contribution in [0.4, 0.5) is 5.82 Å². The summed E-state index contributed by atoms with van der Waals surface area (Å²) >= 11 is 0. The van der Waals surface area contributed by atoms with Crippen molar-refractivity contribution in [2.75, 3.05) is 5.73 Å². The molecule has 132 valence electrons. The summed E-state index contributed by atoms with van der Waals surface area (Å²) in [5, 5.41) is 3.38. The number of nitrogens with two attached hydrogens (primary N) is 1. The normalized spacial score (nSPS) is 11.2. The van der Waals surface area contributed by atoms with E-state index in [2.05, 4.69) is 45.0 Å². The van der Waals surface area contributed by atoms with E-state index in [1.54, 1.807) is 6.07 Å². The monoisotopic (exact) mass is 372 g/mol. The second-order valence-electron chi connectivity index (χ2n) is 5.34. The van der Waals surface area contributed by atoms with Crippen LogP contribution in [0.25, 0.3) is 27.5 Å². The molecule has 2 N–H and O–H groups in total. The van der Waals surface area contributed by atoms with E-state index in [0.717, 1.165) is 11.1 Å². The van der Waals surface area contributed by atoms with Gasteiger partial charge >= 0.3 is 0 Å². The first kappa shape index (κ1) is 17.9. The summed E-state index contributed by atoms with van der Waals surface area (Å²) in [4.78, 5) is 8.60. The Hall–Kier alpha value is -2.88. The second-order valence-corrected chi connectivity index (χ2v) is 6.09. The summed E-state index contributed by atoms with van der Waals surface area (Å²) in [6.45, 7) is 0. The van der Waals surface area contributed by atoms with Crippen LogP contribution in [0, 0.1) is 10.2 Å². The predicted octanol–water partition coefficient (Wildman–Crippen LogP) is -2.11. The molecule has 0 saturated heterocycles. The molecule has 3 aromatic heterocycles. The van der Waals surface area contributed by atoms with Crippen molar-refractivity contribution in [3.05, 3.63) is 67.1 Å². The van der Waals surface area contributed by atoms with E-state index in [1.807, 2.05) is 30.6 Å². The third-order valence-corrected chi connectivity index (χ3v) is 3.54. The average molecular weight is 373 g/mol. The molecule has 0 amide bonds. The van der Waals surface area contributed by atoms with Crippen LogP contribution >= 0.6 is 0 Å². The highest BCUT2D eigenvalue weighted by atomic mass is 35.7. The van der Waals surface area contributed by atoms with Gasteiger partial charge in [-0.15, -0.1) is 10.2 Å². The van der Waals surface area contributed by atoms with Gasteiger partial charge in [0.1, 0.15) is 12.0 Å². The summed E-state index contributed by atoms with van der Waals surface area (Å²) in [5.41, 5.74) is 7.35. The SMILES string of the molecule is Nc1ccc2cc(-[n+]3ccc4ccccc4c3)cnc2n1.[O-][Cl+3]([O-])([O-])[O-]. The van der Waals surface area contributed by atoms with E-state index < -0.39 is 10.2 Å². The predicted molar refractivity (Wildman–Crippen MR) is 83.0 cm³/mol. The Balaban J connectivity index is 0.000000349. The van der Waals surface area contributed by atoms with Crippen molar-refractivity contribution in [2.24, 2.45) is 0 Å². The zero-order chi connectivity index (χ0) is 18.7. The molecule has 1 aromatic carbocycles. The fraction of sp³-hybridized carbons (Fsp3) is 0. The first-order valence-corrected chi connectivity index (χ1v) is 8.57. The Morgan fingerprint density at radius 2 is 1.58 bits per heavy atom. The first-order chi connectivity index (χ1) is 12.3. The van der Waals surface area contributed by atoms with Crippen LogP contribution in [0.1, 0.15) is 0 Å². The first-order valence-electron chi connectivity index (χ1n) is 7.34. The summed E-state index contributed by atoms with van der Waals surface area (Å²) in [6.07, 6.45) is 5.95. The van der Waals surface area contributed by atoms with Crippen molar-refractivity contribution in [2.45, 2.75) is 0 Å². The van der Waals surface area contributed by atoms with Crippen LogP contribution in [0.15, 0.2) is 67.1 Å². The number of aromatic nitrogens is 3. The van der Waals surface area contributed by atoms with Crippen molar-refractivity contribution in [3.63, 3.8) is 0 Å². The van der Waals surface area contributed by atoms with Gasteiger partial charge in [-0.05, 0) is 23.6 Å². The Bertz CT molecular complexity index is 1060. The van der Waals surface area contributed by atoms with Crippen molar-refractivity contribution >= 4 is 27.6 Å². The molecule has 0 fully saturated rings. The van der Waals surface area contributed by atoms with Crippen LogP contribution in [0.2, 0.25) is 0 Å². The van der Waals surface area contributed by atoms with Crippen molar-refractivity contribution < 1.29 is 33.4 Å². The molecule has 3 heterocycles. The maximum atomic E-state index is 8.49. The smallest absolute Gasteiger partial charge is 0.229 e. The highest BCUT2D eigenvalue weighted by Crippen LogP contribution is 2.15. The van der Waals surface area contributed by atoms with E-state index in [0.29, 0.717) is 11.5 Å². The summed E-state index contributed by atoms with van der Waals surface area (Å²) in [5.74, 6) is 0.487. The zero-order valence-corrected chi connectivity index (χ0v) is 14.0. The Morgan fingerprint density at radius 3 is 2.31 bits per heavy atom. The van der Waals surface area contributed by atoms with Gasteiger partial charge in [0.25, 0.3) is 0 Å². The van der Waals surface area contributed by atoms with Gasteiger partial charge in [0.15, 0.2) is 18.0 Å². The highest BCUT2D eigenvalue weighted by molar-refractivity contribution is 5.81. The molecule has 0 spiro atoms. The van der Waals surface area contributed by atoms with Gasteiger partial charge in [-0.25, -0.2) is 28.6 Å². The van der Waals surface area contributed by atoms with Gasteiger partial charge in [-0.3, -0.25) is 0 Å². The number of pyridine rings is 3. The Morgan fingerprint density at radius 1 is 0.885 bits per heavy atom. The minimum absolute atomic E-state index is 0.487. The molecular formula is C17H13ClN4O4. The van der Waals surface area contributed by atoms with Gasteiger partial charge < -0.3 is 5.73 Å². The van der Waals surface area contributed by atoms with Crippen LogP contribution in [0.3, 0.4) is 0 Å². The highest BCUT2D eigenvalue weighted by Gasteiger charge is 2.09. The van der Waals surface area contributed by atoms with Crippen LogP contribution in [0.5, 0.6) is 0 Å². The maximum Gasteiger partial charge on any atom is 0.229 e. The number of nitrogen functional groups attached to an aromatic ring is 1. The van der Waals surface area contributed by atoms with E-state index in [9.17, 15) is 0 Å². The van der Waals surface area contributed by atoms with E-state index >= 15 is 0 Å². The third kappa shape index (κ3) is 4.60. The van der Waals surface area contributed by atoms with Gasteiger partial charge in [0.2, 0.25) is 5.69 Å². The number of halogens is 1. The lowest BCUT2D eigenvalue weighted by Crippen LogP contribution is -2.68. The van der Waals surface area contributed by atoms with Crippen molar-refractivity contribution in [3.8, 4) is 5.69 Å². The minimum atomic E-state index is -4.94. The van der Waals surface area contributed by atoms with Crippen molar-refractivity contribution in [1.82, 2.24) is 9.97 Å². The average Bonchev–Trinajstić information content (AvgIpc) is 2.59. The van der Waals surface area contributed by atoms with Crippen LogP contribution in [-0.2, 0) is 0 Å². The summed E-state index contributed by atoms with van der Waals surface area (Å²) < 4.78 is 36.0. The van der Waals surface area contributed by atoms with Crippen LogP contribution in [-0.4, -0.2) is 9.97 Å². The number of benzene rings is 1. The summed E-state index contributed by atoms with van der Waals surface area (Å²) in [7, 11) is -4.94. The minimum Gasteiger partial charge on any atom is -0.384 e. The number of hydrogen-bond acceptors (Lipinski definition) is 7. The molecule has 0 radical (unpaired) electrons. The quantitative estimate of drug-likeness (QED) is 0.376. The lowest BCUT2D eigenvalue weighted by molar-refractivity contribution is -2.00. The Labute approximate surface area is 150 Å².